The fourth-order valence-electron chi connectivity index (χ4n) is 6.55. The maximum atomic E-state index is 12.6. The second-order valence-electron chi connectivity index (χ2n) is 9.96. The van der Waals surface area contributed by atoms with E-state index < -0.39 is 0 Å². The summed E-state index contributed by atoms with van der Waals surface area (Å²) in [6.45, 7) is 5.06. The Morgan fingerprint density at radius 1 is 1.18 bits per heavy atom. The summed E-state index contributed by atoms with van der Waals surface area (Å²) in [7, 11) is 0. The molecule has 4 bridgehead atoms. The van der Waals surface area contributed by atoms with E-state index in [9.17, 15) is 4.79 Å². The zero-order valence-corrected chi connectivity index (χ0v) is 21.7. The Hall–Kier alpha value is -1.44. The van der Waals surface area contributed by atoms with Crippen LogP contribution in [0.15, 0.2) is 11.7 Å². The Morgan fingerprint density at radius 3 is 2.48 bits per heavy atom. The number of carbonyl (C=O) groups excluding carboxylic acids is 1. The van der Waals surface area contributed by atoms with Crippen molar-refractivity contribution in [1.29, 1.82) is 0 Å². The number of esters is 1. The van der Waals surface area contributed by atoms with Gasteiger partial charge >= 0.3 is 5.97 Å². The summed E-state index contributed by atoms with van der Waals surface area (Å²) >= 11 is 1.70. The molecule has 0 spiro atoms. The number of carbonyl (C=O) groups is 1. The SMILES string of the molecule is Cc1ncc(C[n+]2csc(CCOC(=O)CC3C4CC5CC(C4)CC3C5)c2C)c(N)n1.Cl.[Cl-]. The third-order valence-electron chi connectivity index (χ3n) is 7.93. The first kappa shape index (κ1) is 26.2. The Labute approximate surface area is 212 Å². The van der Waals surface area contributed by atoms with Crippen LogP contribution in [0.25, 0.3) is 0 Å². The van der Waals surface area contributed by atoms with Crippen molar-refractivity contribution in [3.8, 4) is 0 Å². The molecule has 2 N–H and O–H groups in total. The highest BCUT2D eigenvalue weighted by Crippen LogP contribution is 2.57. The van der Waals surface area contributed by atoms with E-state index in [1.807, 2.05) is 6.92 Å². The second kappa shape index (κ2) is 10.9. The van der Waals surface area contributed by atoms with E-state index in [0.29, 0.717) is 37.1 Å². The number of aromatic nitrogens is 3. The molecule has 6 rings (SSSR count). The molecule has 4 aliphatic carbocycles. The molecule has 4 aliphatic rings. The number of nitrogens with two attached hydrogens (primary N) is 1. The average molecular weight is 514 g/mol. The van der Waals surface area contributed by atoms with Crippen LogP contribution in [0.1, 0.15) is 60.5 Å². The van der Waals surface area contributed by atoms with E-state index >= 15 is 0 Å². The largest absolute Gasteiger partial charge is 1.00 e. The predicted octanol–water partition coefficient (Wildman–Crippen LogP) is 1.05. The maximum Gasteiger partial charge on any atom is 0.306 e. The van der Waals surface area contributed by atoms with Gasteiger partial charge in [-0.15, -0.1) is 12.4 Å². The van der Waals surface area contributed by atoms with Gasteiger partial charge in [0, 0.05) is 26.0 Å². The highest BCUT2D eigenvalue weighted by molar-refractivity contribution is 7.09. The molecular formula is C24H34Cl2N4O2S. The van der Waals surface area contributed by atoms with Crippen LogP contribution in [-0.4, -0.2) is 22.5 Å². The van der Waals surface area contributed by atoms with E-state index in [2.05, 4.69) is 27.0 Å². The fourth-order valence-corrected chi connectivity index (χ4v) is 7.52. The van der Waals surface area contributed by atoms with Crippen molar-refractivity contribution >= 4 is 35.5 Å². The van der Waals surface area contributed by atoms with Crippen molar-refractivity contribution in [1.82, 2.24) is 9.97 Å². The highest BCUT2D eigenvalue weighted by Gasteiger charge is 2.48. The molecule has 2 heterocycles. The monoisotopic (exact) mass is 512 g/mol. The summed E-state index contributed by atoms with van der Waals surface area (Å²) in [5, 5.41) is 0. The van der Waals surface area contributed by atoms with E-state index in [1.165, 1.54) is 42.7 Å². The number of ether oxygens (including phenoxy) is 1. The van der Waals surface area contributed by atoms with E-state index in [0.717, 1.165) is 35.7 Å². The van der Waals surface area contributed by atoms with Gasteiger partial charge in [-0.1, -0.05) is 11.3 Å². The number of nitrogens with zero attached hydrogens (tertiary/aromatic N) is 3. The first-order valence-electron chi connectivity index (χ1n) is 11.7. The molecule has 4 saturated carbocycles. The molecule has 0 aromatic carbocycles. The number of hydrogen-bond donors (Lipinski definition) is 1. The van der Waals surface area contributed by atoms with Gasteiger partial charge in [0.1, 0.15) is 11.6 Å². The summed E-state index contributed by atoms with van der Waals surface area (Å²) in [6.07, 6.45) is 10.1. The lowest BCUT2D eigenvalue weighted by Crippen LogP contribution is -3.00. The molecule has 0 radical (unpaired) electrons. The lowest BCUT2D eigenvalue weighted by molar-refractivity contribution is -0.689. The van der Waals surface area contributed by atoms with Crippen molar-refractivity contribution in [3.63, 3.8) is 0 Å². The quantitative estimate of drug-likeness (QED) is 0.442. The van der Waals surface area contributed by atoms with Crippen molar-refractivity contribution in [2.75, 3.05) is 12.3 Å². The molecule has 0 unspecified atom stereocenters. The van der Waals surface area contributed by atoms with Gasteiger partial charge in [-0.25, -0.2) is 9.97 Å². The smallest absolute Gasteiger partial charge is 0.306 e. The summed E-state index contributed by atoms with van der Waals surface area (Å²) in [5.41, 5.74) is 10.2. The molecule has 0 aliphatic heterocycles. The fraction of sp³-hybridized carbons (Fsp3) is 0.667. The van der Waals surface area contributed by atoms with Crippen molar-refractivity contribution in [2.24, 2.45) is 29.6 Å². The molecule has 6 nitrogen and oxygen atoms in total. The molecule has 182 valence electrons. The minimum atomic E-state index is 0. The zero-order valence-electron chi connectivity index (χ0n) is 19.3. The lowest BCUT2D eigenvalue weighted by Gasteiger charge is -2.54. The van der Waals surface area contributed by atoms with Gasteiger partial charge in [-0.2, -0.15) is 4.57 Å². The molecule has 4 fully saturated rings. The van der Waals surface area contributed by atoms with Gasteiger partial charge < -0.3 is 22.9 Å². The molecule has 0 saturated heterocycles. The lowest BCUT2D eigenvalue weighted by atomic mass is 9.51. The molecule has 33 heavy (non-hydrogen) atoms. The summed E-state index contributed by atoms with van der Waals surface area (Å²) in [6, 6.07) is 0. The molecular weight excluding hydrogens is 479 g/mol. The molecule has 0 atom stereocenters. The van der Waals surface area contributed by atoms with Crippen LogP contribution in [-0.2, 0) is 22.5 Å². The summed E-state index contributed by atoms with van der Waals surface area (Å²) < 4.78 is 7.85. The molecule has 2 aromatic heterocycles. The number of anilines is 1. The van der Waals surface area contributed by atoms with Crippen LogP contribution in [0, 0.1) is 43.4 Å². The Kier molecular flexibility index (Phi) is 8.62. The van der Waals surface area contributed by atoms with Gasteiger partial charge in [0.2, 0.25) is 5.51 Å². The standard InChI is InChI=1S/C24H33N4O2S.2ClH/c1-14-22(31-13-28(14)12-20-11-26-15(2)27-24(20)25)3-4-30-23(29)10-21-18-6-16-5-17(8-18)9-19(21)7-16;;/h11,13,16-19,21H,3-10,12H2,1-2H3,(H2,25,26,27);2*1H/q+1;;/p-1. The van der Waals surface area contributed by atoms with E-state index in [-0.39, 0.29) is 30.8 Å². The van der Waals surface area contributed by atoms with E-state index in [4.69, 9.17) is 10.5 Å². The Morgan fingerprint density at radius 2 is 1.85 bits per heavy atom. The predicted molar refractivity (Wildman–Crippen MR) is 127 cm³/mol. The van der Waals surface area contributed by atoms with Crippen LogP contribution < -0.4 is 22.7 Å². The average Bonchev–Trinajstić information content (AvgIpc) is 3.06. The van der Waals surface area contributed by atoms with E-state index in [1.54, 1.807) is 17.5 Å². The number of nitrogen functional groups attached to an aromatic ring is 1. The van der Waals surface area contributed by atoms with Gasteiger partial charge in [0.05, 0.1) is 17.0 Å². The third kappa shape index (κ3) is 5.63. The van der Waals surface area contributed by atoms with Crippen LogP contribution in [0.5, 0.6) is 0 Å². The van der Waals surface area contributed by atoms with Gasteiger partial charge in [0.15, 0.2) is 12.2 Å². The van der Waals surface area contributed by atoms with Crippen LogP contribution >= 0.6 is 23.7 Å². The number of thiazole rings is 1. The third-order valence-corrected chi connectivity index (χ3v) is 9.08. The van der Waals surface area contributed by atoms with Gasteiger partial charge in [-0.3, -0.25) is 4.79 Å². The minimum Gasteiger partial charge on any atom is -1.00 e. The minimum absolute atomic E-state index is 0. The number of rotatable bonds is 7. The summed E-state index contributed by atoms with van der Waals surface area (Å²) in [4.78, 5) is 22.3. The number of aryl methyl sites for hydroxylation is 1. The molecule has 2 aromatic rings. The van der Waals surface area contributed by atoms with Crippen molar-refractivity contribution in [2.45, 2.75) is 65.3 Å². The van der Waals surface area contributed by atoms with Crippen LogP contribution in [0.4, 0.5) is 5.82 Å². The normalized spacial score (nSPS) is 27.0. The Balaban J connectivity index is 0.00000153. The molecule has 0 amide bonds. The maximum absolute atomic E-state index is 12.6. The van der Waals surface area contributed by atoms with Gasteiger partial charge in [-0.05, 0) is 68.6 Å². The van der Waals surface area contributed by atoms with Crippen molar-refractivity contribution < 1.29 is 26.5 Å². The highest BCUT2D eigenvalue weighted by atomic mass is 35.5. The first-order valence-corrected chi connectivity index (χ1v) is 12.5. The summed E-state index contributed by atoms with van der Waals surface area (Å²) in [5.74, 6) is 5.25. The second-order valence-corrected chi connectivity index (χ2v) is 10.9. The first-order chi connectivity index (χ1) is 15.0. The van der Waals surface area contributed by atoms with Gasteiger partial charge in [0.25, 0.3) is 0 Å². The van der Waals surface area contributed by atoms with Crippen LogP contribution in [0.3, 0.4) is 0 Å². The van der Waals surface area contributed by atoms with Crippen LogP contribution in [0.2, 0.25) is 0 Å². The van der Waals surface area contributed by atoms with Crippen molar-refractivity contribution in [3.05, 3.63) is 33.7 Å². The number of hydrogen-bond acceptors (Lipinski definition) is 6. The number of halogens is 2. The Bertz CT molecular complexity index is 955. The molecule has 9 heteroatoms. The zero-order chi connectivity index (χ0) is 21.5. The topological polar surface area (TPSA) is 82.0 Å².